The van der Waals surface area contributed by atoms with E-state index in [9.17, 15) is 4.57 Å². The molecule has 0 aromatic heterocycles. The molecular weight excluding hydrogens is 373 g/mol. The third kappa shape index (κ3) is 2.53. The summed E-state index contributed by atoms with van der Waals surface area (Å²) in [6, 6.07) is 26.4. The summed E-state index contributed by atoms with van der Waals surface area (Å²) in [5.41, 5.74) is 6.34. The molecule has 0 spiro atoms. The van der Waals surface area contributed by atoms with Gasteiger partial charge in [0.1, 0.15) is 0 Å². The quantitative estimate of drug-likeness (QED) is 0.535. The van der Waals surface area contributed by atoms with Gasteiger partial charge in [-0.15, -0.1) is 0 Å². The van der Waals surface area contributed by atoms with Gasteiger partial charge < -0.3 is 9.88 Å². The van der Waals surface area contributed by atoms with Crippen LogP contribution in [-0.4, -0.2) is 0 Å². The van der Waals surface area contributed by atoms with Gasteiger partial charge in [-0.25, -0.2) is 0 Å². The van der Waals surface area contributed by atoms with Crippen molar-refractivity contribution < 1.29 is 4.57 Å². The second-order valence-electron chi connectivity index (χ2n) is 7.39. The highest BCUT2D eigenvalue weighted by molar-refractivity contribution is 7.83. The second kappa shape index (κ2) is 6.76. The van der Waals surface area contributed by atoms with Crippen molar-refractivity contribution in [2.45, 2.75) is 13.8 Å². The van der Waals surface area contributed by atoms with Crippen molar-refractivity contribution in [3.63, 3.8) is 0 Å². The van der Waals surface area contributed by atoms with E-state index in [4.69, 9.17) is 0 Å². The van der Waals surface area contributed by atoms with E-state index in [0.29, 0.717) is 0 Å². The fraction of sp³-hybridized carbons (Fsp3) is 0.0769. The smallest absolute Gasteiger partial charge is 0.172 e. The number of anilines is 1. The second-order valence-corrected chi connectivity index (χ2v) is 10.1. The van der Waals surface area contributed by atoms with E-state index >= 15 is 0 Å². The Kier molecular flexibility index (Phi) is 4.19. The lowest BCUT2D eigenvalue weighted by Gasteiger charge is -2.20. The van der Waals surface area contributed by atoms with E-state index in [1.165, 1.54) is 0 Å². The van der Waals surface area contributed by atoms with E-state index in [0.717, 1.165) is 49.6 Å². The monoisotopic (exact) mass is 395 g/mol. The summed E-state index contributed by atoms with van der Waals surface area (Å²) in [6.45, 7) is 4.10. The molecule has 1 unspecified atom stereocenters. The topological polar surface area (TPSA) is 29.1 Å². The van der Waals surface area contributed by atoms with Crippen molar-refractivity contribution in [1.29, 1.82) is 0 Å². The molecule has 1 N–H and O–H groups in total. The van der Waals surface area contributed by atoms with Crippen LogP contribution in [0.4, 0.5) is 5.69 Å². The first-order valence-corrected chi connectivity index (χ1v) is 11.6. The van der Waals surface area contributed by atoms with Crippen molar-refractivity contribution in [3.05, 3.63) is 119 Å². The van der Waals surface area contributed by atoms with Gasteiger partial charge in [0.25, 0.3) is 0 Å². The summed E-state index contributed by atoms with van der Waals surface area (Å²) < 4.78 is 15.0. The number of hydrogen-bond donors (Lipinski definition) is 1. The van der Waals surface area contributed by atoms with Crippen molar-refractivity contribution in [3.8, 4) is 0 Å². The van der Waals surface area contributed by atoms with Gasteiger partial charge in [-0.3, -0.25) is 0 Å². The highest BCUT2D eigenvalue weighted by Gasteiger charge is 2.44. The summed E-state index contributed by atoms with van der Waals surface area (Å²) in [4.78, 5) is 0. The predicted molar refractivity (Wildman–Crippen MR) is 123 cm³/mol. The van der Waals surface area contributed by atoms with Crippen LogP contribution in [0.25, 0.3) is 5.57 Å². The Balaban J connectivity index is 1.97. The standard InChI is InChI=1S/C26H22NOP/c1-3-11-22-18(2)26-25(20-14-7-9-16-23(20)27-22)21-15-8-10-17-24(21)29(26,28)19-12-5-4-6-13-19/h3-17,27H,1-2H3/b11-3-. The molecule has 0 amide bonds. The molecule has 0 fully saturated rings. The molecule has 2 aliphatic rings. The SMILES string of the molecule is C/C=C\C1=C(C)C2=C(c3ccccc3N1)c1ccccc1P2(=O)c1ccccc1. The molecule has 5 rings (SSSR count). The van der Waals surface area contributed by atoms with Gasteiger partial charge in [0.05, 0.1) is 0 Å². The van der Waals surface area contributed by atoms with Crippen LogP contribution in [0.2, 0.25) is 0 Å². The Morgan fingerprint density at radius 2 is 1.48 bits per heavy atom. The van der Waals surface area contributed by atoms with Crippen LogP contribution >= 0.6 is 7.14 Å². The van der Waals surface area contributed by atoms with E-state index < -0.39 is 7.14 Å². The lowest BCUT2D eigenvalue weighted by Crippen LogP contribution is -2.16. The zero-order chi connectivity index (χ0) is 20.0. The maximum Gasteiger partial charge on any atom is 0.172 e. The first-order chi connectivity index (χ1) is 14.2. The van der Waals surface area contributed by atoms with Crippen LogP contribution in [0, 0.1) is 0 Å². The zero-order valence-electron chi connectivity index (χ0n) is 16.5. The van der Waals surface area contributed by atoms with Gasteiger partial charge >= 0.3 is 0 Å². The molecule has 0 saturated carbocycles. The Morgan fingerprint density at radius 1 is 0.828 bits per heavy atom. The van der Waals surface area contributed by atoms with Crippen molar-refractivity contribution in [2.75, 3.05) is 5.32 Å². The molecule has 0 radical (unpaired) electrons. The molecule has 142 valence electrons. The van der Waals surface area contributed by atoms with Gasteiger partial charge in [0, 0.05) is 38.4 Å². The molecule has 3 heteroatoms. The minimum Gasteiger partial charge on any atom is -0.355 e. The third-order valence-corrected chi connectivity index (χ3v) is 9.03. The van der Waals surface area contributed by atoms with Gasteiger partial charge in [0.15, 0.2) is 7.14 Å². The van der Waals surface area contributed by atoms with Crippen LogP contribution in [0.1, 0.15) is 25.0 Å². The van der Waals surface area contributed by atoms with Gasteiger partial charge in [0.2, 0.25) is 0 Å². The normalized spacial score (nSPS) is 20.2. The molecule has 0 saturated heterocycles. The predicted octanol–water partition coefficient (Wildman–Crippen LogP) is 6.05. The summed E-state index contributed by atoms with van der Waals surface area (Å²) in [7, 11) is -3.00. The minimum absolute atomic E-state index is 0.885. The fourth-order valence-corrected chi connectivity index (χ4v) is 7.82. The van der Waals surface area contributed by atoms with Gasteiger partial charge in [-0.05, 0) is 37.1 Å². The maximum absolute atomic E-state index is 15.0. The summed E-state index contributed by atoms with van der Waals surface area (Å²) in [5.74, 6) is 0. The summed E-state index contributed by atoms with van der Waals surface area (Å²) in [6.07, 6.45) is 4.09. The van der Waals surface area contributed by atoms with Crippen molar-refractivity contribution in [1.82, 2.24) is 0 Å². The maximum atomic E-state index is 15.0. The van der Waals surface area contributed by atoms with Crippen LogP contribution < -0.4 is 15.9 Å². The molecule has 3 aromatic rings. The van der Waals surface area contributed by atoms with E-state index in [-0.39, 0.29) is 0 Å². The lowest BCUT2D eigenvalue weighted by molar-refractivity contribution is 0.591. The first kappa shape index (κ1) is 18.0. The summed E-state index contributed by atoms with van der Waals surface area (Å²) in [5, 5.41) is 6.37. The number of benzene rings is 3. The van der Waals surface area contributed by atoms with Crippen LogP contribution in [0.5, 0.6) is 0 Å². The number of fused-ring (bicyclic) bond motifs is 4. The highest BCUT2D eigenvalue weighted by atomic mass is 31.2. The molecule has 2 nitrogen and oxygen atoms in total. The molecular formula is C26H22NOP. The Labute approximate surface area is 171 Å². The highest BCUT2D eigenvalue weighted by Crippen LogP contribution is 2.64. The number of allylic oxidation sites excluding steroid dienone is 4. The van der Waals surface area contributed by atoms with E-state index in [2.05, 4.69) is 42.6 Å². The zero-order valence-corrected chi connectivity index (χ0v) is 17.4. The van der Waals surface area contributed by atoms with Crippen LogP contribution in [0.3, 0.4) is 0 Å². The fourth-order valence-electron chi connectivity index (χ4n) is 4.48. The van der Waals surface area contributed by atoms with Crippen LogP contribution in [-0.2, 0) is 4.57 Å². The number of hydrogen-bond acceptors (Lipinski definition) is 2. The number of para-hydroxylation sites is 1. The first-order valence-electron chi connectivity index (χ1n) is 9.87. The number of nitrogens with one attached hydrogen (secondary N) is 1. The minimum atomic E-state index is -3.00. The van der Waals surface area contributed by atoms with Crippen LogP contribution in [0.15, 0.2) is 108 Å². The molecule has 29 heavy (non-hydrogen) atoms. The summed E-state index contributed by atoms with van der Waals surface area (Å²) >= 11 is 0. The molecule has 0 bridgehead atoms. The Hall–Kier alpha value is -3.09. The van der Waals surface area contributed by atoms with Gasteiger partial charge in [-0.2, -0.15) is 0 Å². The molecule has 2 aliphatic heterocycles. The van der Waals surface area contributed by atoms with Crippen molar-refractivity contribution in [2.24, 2.45) is 0 Å². The van der Waals surface area contributed by atoms with Gasteiger partial charge in [-0.1, -0.05) is 78.9 Å². The third-order valence-electron chi connectivity index (χ3n) is 5.74. The molecule has 3 aromatic carbocycles. The number of rotatable bonds is 2. The van der Waals surface area contributed by atoms with Crippen molar-refractivity contribution >= 4 is 29.0 Å². The van der Waals surface area contributed by atoms with E-state index in [1.807, 2.05) is 67.6 Å². The average molecular weight is 395 g/mol. The largest absolute Gasteiger partial charge is 0.355 e. The molecule has 0 aliphatic carbocycles. The molecule has 1 atom stereocenters. The lowest BCUT2D eigenvalue weighted by atomic mass is 9.95. The van der Waals surface area contributed by atoms with E-state index in [1.54, 1.807) is 0 Å². The average Bonchev–Trinajstić information content (AvgIpc) is 2.96. The Morgan fingerprint density at radius 3 is 2.24 bits per heavy atom. The Bertz CT molecular complexity index is 1260. The molecule has 2 heterocycles.